The number of rotatable bonds is 0. The molecule has 0 aliphatic carbocycles. The highest BCUT2D eigenvalue weighted by molar-refractivity contribution is 6.28. The van der Waals surface area contributed by atoms with Gasteiger partial charge in [-0.05, 0) is 24.1 Å². The van der Waals surface area contributed by atoms with E-state index in [1.54, 1.807) is 6.92 Å². The summed E-state index contributed by atoms with van der Waals surface area (Å²) in [4.78, 5) is 0. The number of anilines is 1. The van der Waals surface area contributed by atoms with Crippen LogP contribution in [0.3, 0.4) is 0 Å². The van der Waals surface area contributed by atoms with Crippen LogP contribution in [0, 0.1) is 12.1 Å². The molecule has 0 amide bonds. The molecule has 0 bridgehead atoms. The number of pyridine rings is 1. The minimum Gasteiger partial charge on any atom is -0.618 e. The van der Waals surface area contributed by atoms with Crippen LogP contribution in [0.5, 0.6) is 0 Å². The average Bonchev–Trinajstić information content (AvgIpc) is 1.84. The van der Waals surface area contributed by atoms with E-state index >= 15 is 0 Å². The van der Waals surface area contributed by atoms with Crippen molar-refractivity contribution < 1.29 is 4.73 Å². The van der Waals surface area contributed by atoms with Crippen LogP contribution in [0.1, 0.15) is 5.56 Å². The van der Waals surface area contributed by atoms with Crippen molar-refractivity contribution in [1.82, 2.24) is 0 Å². The number of aromatic nitrogens is 1. The fourth-order valence-electron chi connectivity index (χ4n) is 0.615. The Morgan fingerprint density at radius 2 is 2.30 bits per heavy atom. The van der Waals surface area contributed by atoms with Gasteiger partial charge in [0.05, 0.1) is 0 Å². The van der Waals surface area contributed by atoms with E-state index in [1.165, 1.54) is 12.3 Å². The second-order valence-electron chi connectivity index (χ2n) is 2.06. The molecule has 1 heterocycles. The number of hydrogen-bond donors (Lipinski definition) is 1. The van der Waals surface area contributed by atoms with Gasteiger partial charge in [0.2, 0.25) is 6.20 Å². The van der Waals surface area contributed by atoms with Gasteiger partial charge in [-0.1, -0.05) is 0 Å². The number of halogens is 1. The van der Waals surface area contributed by atoms with Gasteiger partial charge in [0, 0.05) is 6.07 Å². The van der Waals surface area contributed by atoms with Crippen LogP contribution in [0.4, 0.5) is 5.69 Å². The third-order valence-electron chi connectivity index (χ3n) is 1.26. The molecule has 1 rings (SSSR count). The van der Waals surface area contributed by atoms with Crippen LogP contribution < -0.4 is 10.5 Å². The molecule has 1 aromatic heterocycles. The Kier molecular flexibility index (Phi) is 1.68. The lowest BCUT2D eigenvalue weighted by Crippen LogP contribution is -2.27. The van der Waals surface area contributed by atoms with Crippen molar-refractivity contribution in [3.05, 3.63) is 28.2 Å². The summed E-state index contributed by atoms with van der Waals surface area (Å²) >= 11 is 5.48. The first-order valence-electron chi connectivity index (χ1n) is 2.76. The van der Waals surface area contributed by atoms with E-state index in [1.807, 2.05) is 0 Å². The number of nitrogens with two attached hydrogens (primary N) is 1. The van der Waals surface area contributed by atoms with Crippen molar-refractivity contribution in [3.8, 4) is 0 Å². The molecule has 3 nitrogen and oxygen atoms in total. The average molecular weight is 159 g/mol. The van der Waals surface area contributed by atoms with Crippen molar-refractivity contribution in [2.75, 3.05) is 5.73 Å². The molecule has 0 atom stereocenters. The first-order valence-corrected chi connectivity index (χ1v) is 3.14. The molecule has 4 heteroatoms. The number of aryl methyl sites for hydroxylation is 1. The van der Waals surface area contributed by atoms with Gasteiger partial charge in [-0.2, -0.15) is 4.73 Å². The zero-order chi connectivity index (χ0) is 7.72. The summed E-state index contributed by atoms with van der Waals surface area (Å²) in [5.74, 6) is 0. The minimum absolute atomic E-state index is 0.145. The molecule has 0 aliphatic heterocycles. The summed E-state index contributed by atoms with van der Waals surface area (Å²) in [6.45, 7) is 1.79. The maximum absolute atomic E-state index is 10.7. The Bertz CT molecular complexity index is 212. The fraction of sp³-hybridized carbons (Fsp3) is 0.167. The summed E-state index contributed by atoms with van der Waals surface area (Å²) in [6.07, 6.45) is 1.25. The Labute approximate surface area is 63.6 Å². The largest absolute Gasteiger partial charge is 0.618 e. The van der Waals surface area contributed by atoms with Gasteiger partial charge < -0.3 is 10.9 Å². The summed E-state index contributed by atoms with van der Waals surface area (Å²) in [5.41, 5.74) is 6.68. The van der Waals surface area contributed by atoms with Crippen molar-refractivity contribution >= 4 is 17.3 Å². The second-order valence-corrected chi connectivity index (χ2v) is 2.45. The van der Waals surface area contributed by atoms with Crippen LogP contribution in [-0.4, -0.2) is 0 Å². The van der Waals surface area contributed by atoms with Gasteiger partial charge in [-0.15, -0.1) is 0 Å². The zero-order valence-electron chi connectivity index (χ0n) is 5.47. The van der Waals surface area contributed by atoms with Gasteiger partial charge in [0.25, 0.3) is 5.15 Å². The summed E-state index contributed by atoms with van der Waals surface area (Å²) in [5, 5.41) is 10.8. The number of nitrogen functional groups attached to an aromatic ring is 1. The van der Waals surface area contributed by atoms with Crippen molar-refractivity contribution in [2.24, 2.45) is 0 Å². The molecule has 54 valence electrons. The molecule has 1 aromatic rings. The van der Waals surface area contributed by atoms with Crippen LogP contribution in [0.15, 0.2) is 12.3 Å². The van der Waals surface area contributed by atoms with Crippen LogP contribution in [-0.2, 0) is 0 Å². The van der Waals surface area contributed by atoms with Crippen molar-refractivity contribution in [2.45, 2.75) is 6.92 Å². The van der Waals surface area contributed by atoms with Crippen LogP contribution in [0.25, 0.3) is 0 Å². The smallest absolute Gasteiger partial charge is 0.286 e. The third kappa shape index (κ3) is 1.14. The van der Waals surface area contributed by atoms with E-state index in [0.717, 1.165) is 5.56 Å². The lowest BCUT2D eigenvalue weighted by Gasteiger charge is -2.00. The Morgan fingerprint density at radius 1 is 1.70 bits per heavy atom. The van der Waals surface area contributed by atoms with Crippen LogP contribution >= 0.6 is 11.6 Å². The molecule has 0 unspecified atom stereocenters. The predicted molar refractivity (Wildman–Crippen MR) is 39.6 cm³/mol. The van der Waals surface area contributed by atoms with E-state index in [2.05, 4.69) is 0 Å². The van der Waals surface area contributed by atoms with Gasteiger partial charge >= 0.3 is 0 Å². The molecule has 0 fully saturated rings. The summed E-state index contributed by atoms with van der Waals surface area (Å²) in [6, 6.07) is 1.53. The molecule has 2 N–H and O–H groups in total. The van der Waals surface area contributed by atoms with Crippen LogP contribution in [0.2, 0.25) is 5.15 Å². The lowest BCUT2D eigenvalue weighted by atomic mass is 10.3. The maximum atomic E-state index is 10.7. The van der Waals surface area contributed by atoms with E-state index in [4.69, 9.17) is 17.3 Å². The zero-order valence-corrected chi connectivity index (χ0v) is 6.22. The monoisotopic (exact) mass is 158 g/mol. The molecule has 0 radical (unpaired) electrons. The van der Waals surface area contributed by atoms with Gasteiger partial charge in [-0.25, -0.2) is 0 Å². The molecule has 0 saturated heterocycles. The SMILES string of the molecule is Cc1cc(Cl)[n+]([O-])cc1N. The van der Waals surface area contributed by atoms with Gasteiger partial charge in [0.1, 0.15) is 5.69 Å². The molecular weight excluding hydrogens is 152 g/mol. The minimum atomic E-state index is 0.145. The van der Waals surface area contributed by atoms with Gasteiger partial charge in [0.15, 0.2) is 0 Å². The van der Waals surface area contributed by atoms with Crippen molar-refractivity contribution in [3.63, 3.8) is 0 Å². The molecule has 0 aromatic carbocycles. The molecule has 0 spiro atoms. The third-order valence-corrected chi connectivity index (χ3v) is 1.53. The first-order chi connectivity index (χ1) is 4.61. The number of nitrogens with zero attached hydrogens (tertiary/aromatic N) is 1. The topological polar surface area (TPSA) is 53.0 Å². The highest BCUT2D eigenvalue weighted by Gasteiger charge is 2.03. The Morgan fingerprint density at radius 3 is 2.80 bits per heavy atom. The molecular formula is C6H7ClN2O. The summed E-state index contributed by atoms with van der Waals surface area (Å²) in [7, 11) is 0. The van der Waals surface area contributed by atoms with Crippen molar-refractivity contribution in [1.29, 1.82) is 0 Å². The normalized spacial score (nSPS) is 9.80. The molecule has 0 saturated carbocycles. The first kappa shape index (κ1) is 7.15. The van der Waals surface area contributed by atoms with E-state index in [-0.39, 0.29) is 5.15 Å². The highest BCUT2D eigenvalue weighted by Crippen LogP contribution is 2.10. The standard InChI is InChI=1S/C6H7ClN2O/c1-4-2-6(7)9(10)3-5(4)8/h2-3H,8H2,1H3. The highest BCUT2D eigenvalue weighted by atomic mass is 35.5. The lowest BCUT2D eigenvalue weighted by molar-refractivity contribution is -0.602. The summed E-state index contributed by atoms with van der Waals surface area (Å²) < 4.78 is 0.532. The fourth-order valence-corrected chi connectivity index (χ4v) is 0.828. The van der Waals surface area contributed by atoms with E-state index in [0.29, 0.717) is 10.4 Å². The predicted octanol–water partition coefficient (Wildman–Crippen LogP) is 0.864. The maximum Gasteiger partial charge on any atom is 0.286 e. The molecule has 10 heavy (non-hydrogen) atoms. The number of hydrogen-bond acceptors (Lipinski definition) is 2. The molecule has 0 aliphatic rings. The van der Waals surface area contributed by atoms with Gasteiger partial charge in [-0.3, -0.25) is 0 Å². The van der Waals surface area contributed by atoms with E-state index in [9.17, 15) is 5.21 Å². The second kappa shape index (κ2) is 2.34. The Hall–Kier alpha value is -0.960. The quantitative estimate of drug-likeness (QED) is 0.346. The van der Waals surface area contributed by atoms with E-state index < -0.39 is 0 Å². The Balaban J connectivity index is 3.28.